The fraction of sp³-hybridized carbons (Fsp3) is 0.375. The van der Waals surface area contributed by atoms with Crippen LogP contribution in [0.2, 0.25) is 0 Å². The third-order valence-corrected chi connectivity index (χ3v) is 5.39. The lowest BCUT2D eigenvalue weighted by atomic mass is 9.95. The second-order valence-electron chi connectivity index (χ2n) is 8.46. The number of hydrogen-bond acceptors (Lipinski definition) is 5. The summed E-state index contributed by atoms with van der Waals surface area (Å²) in [5.74, 6) is 1.89. The predicted octanol–water partition coefficient (Wildman–Crippen LogP) is 5.52. The van der Waals surface area contributed by atoms with Crippen LogP contribution in [-0.4, -0.2) is 29.1 Å². The van der Waals surface area contributed by atoms with Crippen LogP contribution >= 0.6 is 15.9 Å². The normalized spacial score (nSPS) is 13.0. The minimum absolute atomic E-state index is 0.0873. The van der Waals surface area contributed by atoms with Crippen molar-refractivity contribution in [1.29, 1.82) is 0 Å². The van der Waals surface area contributed by atoms with Crippen LogP contribution in [0.3, 0.4) is 0 Å². The molecule has 0 spiro atoms. The smallest absolute Gasteiger partial charge is 0.282 e. The van der Waals surface area contributed by atoms with E-state index < -0.39 is 0 Å². The lowest BCUT2D eigenvalue weighted by molar-refractivity contribution is 0.207. The van der Waals surface area contributed by atoms with E-state index in [4.69, 9.17) is 14.5 Å². The number of halogens is 1. The molecule has 0 saturated carbocycles. The van der Waals surface area contributed by atoms with Crippen molar-refractivity contribution in [1.82, 2.24) is 9.66 Å². The first-order valence-corrected chi connectivity index (χ1v) is 11.0. The fourth-order valence-corrected chi connectivity index (χ4v) is 3.39. The van der Waals surface area contributed by atoms with Gasteiger partial charge in [0.1, 0.15) is 5.82 Å². The lowest BCUT2D eigenvalue weighted by Crippen LogP contribution is -2.29. The molecule has 0 fully saturated rings. The number of fused-ring (bicyclic) bond motifs is 1. The largest absolute Gasteiger partial charge is 0.493 e. The van der Waals surface area contributed by atoms with Gasteiger partial charge in [0.25, 0.3) is 5.56 Å². The molecule has 6 nitrogen and oxygen atoms in total. The quantitative estimate of drug-likeness (QED) is 0.430. The van der Waals surface area contributed by atoms with Crippen molar-refractivity contribution in [2.45, 2.75) is 52.6 Å². The molecule has 3 rings (SSSR count). The van der Waals surface area contributed by atoms with Gasteiger partial charge in [0.2, 0.25) is 0 Å². The first-order valence-electron chi connectivity index (χ1n) is 10.3. The molecule has 0 N–H and O–H groups in total. The van der Waals surface area contributed by atoms with Gasteiger partial charge in [-0.1, -0.05) is 43.6 Å². The molecule has 0 aliphatic rings. The summed E-state index contributed by atoms with van der Waals surface area (Å²) in [7, 11) is 1.60. The Morgan fingerprint density at radius 2 is 1.94 bits per heavy atom. The van der Waals surface area contributed by atoms with Crippen LogP contribution in [0.1, 0.15) is 52.4 Å². The molecule has 31 heavy (non-hydrogen) atoms. The maximum Gasteiger partial charge on any atom is 0.282 e. The second kappa shape index (κ2) is 9.22. The second-order valence-corrected chi connectivity index (χ2v) is 9.37. The van der Waals surface area contributed by atoms with Crippen LogP contribution in [0.15, 0.2) is 50.8 Å². The Labute approximate surface area is 191 Å². The maximum atomic E-state index is 13.2. The minimum Gasteiger partial charge on any atom is -0.493 e. The van der Waals surface area contributed by atoms with Crippen molar-refractivity contribution >= 4 is 33.0 Å². The van der Waals surface area contributed by atoms with Crippen LogP contribution in [0.5, 0.6) is 11.5 Å². The molecule has 0 radical (unpaired) electrons. The molecule has 0 saturated heterocycles. The molecule has 2 aromatic carbocycles. The number of hydrogen-bond donors (Lipinski definition) is 0. The Bertz CT molecular complexity index is 1180. The molecule has 0 unspecified atom stereocenters. The summed E-state index contributed by atoms with van der Waals surface area (Å²) in [6.45, 7) is 10.1. The molecule has 3 aromatic rings. The van der Waals surface area contributed by atoms with E-state index in [1.54, 1.807) is 19.4 Å². The van der Waals surface area contributed by atoms with Crippen molar-refractivity contribution in [2.24, 2.45) is 5.10 Å². The molecule has 0 bridgehead atoms. The standard InChI is InChI=1S/C24H28BrN3O3/c1-7-15(2)31-20-11-8-16(12-21(20)30-6)14-26-28-22(29)18-13-17(25)9-10-19(18)27-23(28)24(3,4)5/h8-15H,7H2,1-6H3/t15-/m0/s1. The van der Waals surface area contributed by atoms with Crippen molar-refractivity contribution in [3.63, 3.8) is 0 Å². The minimum atomic E-state index is -0.372. The predicted molar refractivity (Wildman–Crippen MR) is 129 cm³/mol. The molecule has 7 heteroatoms. The van der Waals surface area contributed by atoms with Gasteiger partial charge in [0.05, 0.1) is 30.3 Å². The molecule has 0 aliphatic carbocycles. The Hall–Kier alpha value is -2.67. The van der Waals surface area contributed by atoms with E-state index in [0.29, 0.717) is 28.2 Å². The maximum absolute atomic E-state index is 13.2. The highest BCUT2D eigenvalue weighted by Crippen LogP contribution is 2.29. The number of nitrogens with zero attached hydrogens (tertiary/aromatic N) is 3. The zero-order chi connectivity index (χ0) is 22.8. The van der Waals surface area contributed by atoms with E-state index in [1.807, 2.05) is 58.0 Å². The average molecular weight is 486 g/mol. The van der Waals surface area contributed by atoms with Crippen LogP contribution < -0.4 is 15.0 Å². The van der Waals surface area contributed by atoms with Gasteiger partial charge in [-0.15, -0.1) is 0 Å². The third-order valence-electron chi connectivity index (χ3n) is 4.89. The third kappa shape index (κ3) is 5.15. The Kier molecular flexibility index (Phi) is 6.84. The van der Waals surface area contributed by atoms with E-state index in [9.17, 15) is 4.79 Å². The monoisotopic (exact) mass is 485 g/mol. The summed E-state index contributed by atoms with van der Waals surface area (Å²) in [5, 5.41) is 5.02. The average Bonchev–Trinajstić information content (AvgIpc) is 2.73. The molecule has 164 valence electrons. The molecule has 0 aliphatic heterocycles. The molecule has 1 heterocycles. The topological polar surface area (TPSA) is 65.7 Å². The van der Waals surface area contributed by atoms with Gasteiger partial charge < -0.3 is 9.47 Å². The van der Waals surface area contributed by atoms with Crippen LogP contribution in [0.4, 0.5) is 0 Å². The van der Waals surface area contributed by atoms with E-state index in [2.05, 4.69) is 28.0 Å². The SMILES string of the molecule is CC[C@H](C)Oc1ccc(C=Nn2c(C(C)(C)C)nc3ccc(Br)cc3c2=O)cc1OC. The Balaban J connectivity index is 2.08. The summed E-state index contributed by atoms with van der Waals surface area (Å²) in [6, 6.07) is 11.1. The van der Waals surface area contributed by atoms with E-state index in [-0.39, 0.29) is 17.1 Å². The van der Waals surface area contributed by atoms with Gasteiger partial charge in [-0.3, -0.25) is 4.79 Å². The van der Waals surface area contributed by atoms with Gasteiger partial charge in [-0.05, 0) is 55.3 Å². The van der Waals surface area contributed by atoms with Crippen molar-refractivity contribution in [3.05, 3.63) is 62.6 Å². The summed E-state index contributed by atoms with van der Waals surface area (Å²) >= 11 is 3.43. The van der Waals surface area contributed by atoms with Gasteiger partial charge in [-0.2, -0.15) is 9.78 Å². The number of rotatable bonds is 6. The van der Waals surface area contributed by atoms with Crippen molar-refractivity contribution in [2.75, 3.05) is 7.11 Å². The van der Waals surface area contributed by atoms with Gasteiger partial charge in [0, 0.05) is 9.89 Å². The van der Waals surface area contributed by atoms with Crippen LogP contribution in [0, 0.1) is 0 Å². The summed E-state index contributed by atoms with van der Waals surface area (Å²) in [4.78, 5) is 18.0. The van der Waals surface area contributed by atoms with E-state index in [1.165, 1.54) is 4.68 Å². The highest BCUT2D eigenvalue weighted by Gasteiger charge is 2.23. The zero-order valence-corrected chi connectivity index (χ0v) is 20.4. The van der Waals surface area contributed by atoms with Crippen LogP contribution in [0.25, 0.3) is 10.9 Å². The van der Waals surface area contributed by atoms with Crippen molar-refractivity contribution < 1.29 is 9.47 Å². The van der Waals surface area contributed by atoms with Gasteiger partial charge in [-0.25, -0.2) is 4.98 Å². The molecule has 1 aromatic heterocycles. The zero-order valence-electron chi connectivity index (χ0n) is 18.8. The van der Waals surface area contributed by atoms with E-state index in [0.717, 1.165) is 16.5 Å². The first-order chi connectivity index (χ1) is 14.6. The molecule has 0 amide bonds. The van der Waals surface area contributed by atoms with Gasteiger partial charge in [0.15, 0.2) is 11.5 Å². The summed E-state index contributed by atoms with van der Waals surface area (Å²) in [6.07, 6.45) is 2.62. The highest BCUT2D eigenvalue weighted by atomic mass is 79.9. The Morgan fingerprint density at radius 3 is 2.58 bits per heavy atom. The number of aromatic nitrogens is 2. The lowest BCUT2D eigenvalue weighted by Gasteiger charge is -2.21. The Morgan fingerprint density at radius 1 is 1.19 bits per heavy atom. The van der Waals surface area contributed by atoms with Crippen LogP contribution in [-0.2, 0) is 5.41 Å². The number of methoxy groups -OCH3 is 1. The summed E-state index contributed by atoms with van der Waals surface area (Å²) in [5.41, 5.74) is 0.854. The first kappa shape index (κ1) is 23.0. The molecular formula is C24H28BrN3O3. The van der Waals surface area contributed by atoms with E-state index >= 15 is 0 Å². The fourth-order valence-electron chi connectivity index (χ4n) is 3.03. The number of ether oxygens (including phenoxy) is 2. The molecule has 1 atom stereocenters. The number of benzene rings is 2. The molecular weight excluding hydrogens is 458 g/mol. The van der Waals surface area contributed by atoms with Gasteiger partial charge >= 0.3 is 0 Å². The van der Waals surface area contributed by atoms with Crippen molar-refractivity contribution in [3.8, 4) is 11.5 Å². The summed E-state index contributed by atoms with van der Waals surface area (Å²) < 4.78 is 13.6. The highest BCUT2D eigenvalue weighted by molar-refractivity contribution is 9.10.